The summed E-state index contributed by atoms with van der Waals surface area (Å²) in [7, 11) is 0. The lowest BCUT2D eigenvalue weighted by molar-refractivity contribution is 1.18. The summed E-state index contributed by atoms with van der Waals surface area (Å²) in [5.74, 6) is 0. The summed E-state index contributed by atoms with van der Waals surface area (Å²) in [6, 6.07) is 79.4. The van der Waals surface area contributed by atoms with Gasteiger partial charge >= 0.3 is 0 Å². The van der Waals surface area contributed by atoms with Crippen molar-refractivity contribution in [1.29, 1.82) is 0 Å². The molecule has 3 heteroatoms. The zero-order valence-corrected chi connectivity index (χ0v) is 31.9. The molecule has 2 aromatic heterocycles. The molecule has 2 heterocycles. The number of nitrogens with zero attached hydrogens (tertiary/aromatic N) is 2. The predicted octanol–water partition coefficient (Wildman–Crippen LogP) is 15.6. The molecule has 0 bridgehead atoms. The quantitative estimate of drug-likeness (QED) is 0.158. The van der Waals surface area contributed by atoms with Gasteiger partial charge < -0.3 is 9.47 Å². The highest BCUT2D eigenvalue weighted by Crippen LogP contribution is 2.47. The molecular weight excluding hydrogens is 709 g/mol. The van der Waals surface area contributed by atoms with Gasteiger partial charge in [0.2, 0.25) is 0 Å². The first kappa shape index (κ1) is 33.2. The molecule has 0 radical (unpaired) electrons. The molecular formula is C54H36N2S. The number of fused-ring (bicyclic) bond motifs is 6. The SMILES string of the molecule is c1ccc(-c2cc(-c3ccccc3)cc(N(c3ccc(-c4cccc5c4c4ccccc4n5-c4ccccc4)cc3)c3cccc4sc5ccccc5c34)c2)cc1. The minimum Gasteiger partial charge on any atom is -0.310 e. The fourth-order valence-corrected chi connectivity index (χ4v) is 9.74. The number of thiophene rings is 1. The molecule has 0 fully saturated rings. The molecule has 0 aliphatic heterocycles. The first-order valence-electron chi connectivity index (χ1n) is 19.4. The van der Waals surface area contributed by atoms with Gasteiger partial charge in [0.25, 0.3) is 0 Å². The van der Waals surface area contributed by atoms with Gasteiger partial charge in [-0.25, -0.2) is 0 Å². The van der Waals surface area contributed by atoms with Crippen LogP contribution in [0.3, 0.4) is 0 Å². The van der Waals surface area contributed by atoms with Gasteiger partial charge in [-0.1, -0.05) is 146 Å². The van der Waals surface area contributed by atoms with E-state index in [-0.39, 0.29) is 0 Å². The highest BCUT2D eigenvalue weighted by molar-refractivity contribution is 7.26. The fraction of sp³-hybridized carbons (Fsp3) is 0. The average Bonchev–Trinajstić information content (AvgIpc) is 3.84. The Morgan fingerprint density at radius 3 is 1.65 bits per heavy atom. The maximum absolute atomic E-state index is 2.46. The molecule has 11 rings (SSSR count). The third-order valence-corrected chi connectivity index (χ3v) is 12.3. The van der Waals surface area contributed by atoms with Crippen LogP contribution in [0.4, 0.5) is 17.1 Å². The molecule has 0 aliphatic rings. The highest BCUT2D eigenvalue weighted by Gasteiger charge is 2.21. The van der Waals surface area contributed by atoms with Gasteiger partial charge in [0.05, 0.1) is 16.7 Å². The first-order valence-corrected chi connectivity index (χ1v) is 20.2. The van der Waals surface area contributed by atoms with Crippen molar-refractivity contribution in [2.24, 2.45) is 0 Å². The van der Waals surface area contributed by atoms with Gasteiger partial charge in [0.1, 0.15) is 0 Å². The van der Waals surface area contributed by atoms with Crippen LogP contribution >= 0.6 is 11.3 Å². The molecule has 2 nitrogen and oxygen atoms in total. The second-order valence-electron chi connectivity index (χ2n) is 14.5. The Labute approximate surface area is 335 Å². The van der Waals surface area contributed by atoms with Crippen molar-refractivity contribution in [2.75, 3.05) is 4.90 Å². The van der Waals surface area contributed by atoms with E-state index in [2.05, 4.69) is 228 Å². The van der Waals surface area contributed by atoms with Gasteiger partial charge in [-0.05, 0) is 106 Å². The van der Waals surface area contributed by atoms with Crippen LogP contribution in [0, 0.1) is 0 Å². The fourth-order valence-electron chi connectivity index (χ4n) is 8.61. The van der Waals surface area contributed by atoms with Gasteiger partial charge in [-0.15, -0.1) is 11.3 Å². The second kappa shape index (κ2) is 13.8. The van der Waals surface area contributed by atoms with Crippen molar-refractivity contribution in [1.82, 2.24) is 4.57 Å². The number of aromatic nitrogens is 1. The van der Waals surface area contributed by atoms with E-state index in [9.17, 15) is 0 Å². The van der Waals surface area contributed by atoms with Gasteiger partial charge in [-0.2, -0.15) is 0 Å². The van der Waals surface area contributed by atoms with Crippen LogP contribution < -0.4 is 4.90 Å². The van der Waals surface area contributed by atoms with Crippen LogP contribution in [-0.2, 0) is 0 Å². The summed E-state index contributed by atoms with van der Waals surface area (Å²) < 4.78 is 4.96. The molecule has 11 aromatic rings. The lowest BCUT2D eigenvalue weighted by Gasteiger charge is -2.28. The molecule has 57 heavy (non-hydrogen) atoms. The maximum Gasteiger partial charge on any atom is 0.0554 e. The number of hydrogen-bond donors (Lipinski definition) is 0. The summed E-state index contributed by atoms with van der Waals surface area (Å²) in [5, 5.41) is 5.06. The Morgan fingerprint density at radius 1 is 0.351 bits per heavy atom. The standard InChI is InChI=1S/C54H36N2S/c1-4-16-37(17-5-1)40-34-41(38-18-6-2-7-19-38)36-44(35-40)55(50-27-15-29-52-54(50)47-23-11-13-28-51(47)57-52)43-32-30-39(31-33-43)45-24-14-26-49-53(45)46-22-10-12-25-48(46)56(49)42-20-8-3-9-21-42/h1-36H. The zero-order chi connectivity index (χ0) is 37.7. The molecule has 9 aromatic carbocycles. The summed E-state index contributed by atoms with van der Waals surface area (Å²) in [6.45, 7) is 0. The smallest absolute Gasteiger partial charge is 0.0554 e. The normalized spacial score (nSPS) is 11.5. The molecule has 0 spiro atoms. The van der Waals surface area contributed by atoms with Gasteiger partial charge in [0, 0.05) is 48.0 Å². The Balaban J connectivity index is 1.13. The highest BCUT2D eigenvalue weighted by atomic mass is 32.1. The molecule has 0 amide bonds. The van der Waals surface area contributed by atoms with Crippen LogP contribution in [0.5, 0.6) is 0 Å². The third kappa shape index (κ3) is 5.71. The van der Waals surface area contributed by atoms with Crippen molar-refractivity contribution >= 4 is 70.4 Å². The van der Waals surface area contributed by atoms with Crippen molar-refractivity contribution < 1.29 is 0 Å². The molecule has 0 saturated heterocycles. The topological polar surface area (TPSA) is 8.17 Å². The van der Waals surface area contributed by atoms with Crippen LogP contribution in [-0.4, -0.2) is 4.57 Å². The molecule has 0 unspecified atom stereocenters. The lowest BCUT2D eigenvalue weighted by atomic mass is 9.96. The summed E-state index contributed by atoms with van der Waals surface area (Å²) in [4.78, 5) is 2.46. The van der Waals surface area contributed by atoms with Crippen molar-refractivity contribution in [3.8, 4) is 39.1 Å². The van der Waals surface area contributed by atoms with E-state index in [0.717, 1.165) is 22.7 Å². The number of anilines is 3. The number of para-hydroxylation sites is 2. The van der Waals surface area contributed by atoms with E-state index in [1.807, 2.05) is 11.3 Å². The molecule has 0 N–H and O–H groups in total. The minimum absolute atomic E-state index is 1.10. The van der Waals surface area contributed by atoms with E-state index >= 15 is 0 Å². The largest absolute Gasteiger partial charge is 0.310 e. The van der Waals surface area contributed by atoms with Crippen LogP contribution in [0.15, 0.2) is 218 Å². The minimum atomic E-state index is 1.10. The number of rotatable bonds is 7. The summed E-state index contributed by atoms with van der Waals surface area (Å²) >= 11 is 1.86. The zero-order valence-electron chi connectivity index (χ0n) is 31.1. The van der Waals surface area contributed by atoms with Crippen LogP contribution in [0.1, 0.15) is 0 Å². The molecule has 0 aliphatic carbocycles. The Kier molecular flexibility index (Phi) is 8.04. The summed E-state index contributed by atoms with van der Waals surface area (Å²) in [5.41, 5.74) is 14.1. The Hall–Kier alpha value is -7.20. The van der Waals surface area contributed by atoms with Gasteiger partial charge in [-0.3, -0.25) is 0 Å². The molecule has 0 saturated carbocycles. The van der Waals surface area contributed by atoms with E-state index < -0.39 is 0 Å². The van der Waals surface area contributed by atoms with E-state index in [0.29, 0.717) is 0 Å². The molecule has 268 valence electrons. The Bertz CT molecular complexity index is 3160. The molecule has 0 atom stereocenters. The Morgan fingerprint density at radius 2 is 0.930 bits per heavy atom. The van der Waals surface area contributed by atoms with Crippen LogP contribution in [0.25, 0.3) is 81.0 Å². The van der Waals surface area contributed by atoms with Crippen molar-refractivity contribution in [2.45, 2.75) is 0 Å². The van der Waals surface area contributed by atoms with E-state index in [1.54, 1.807) is 0 Å². The average molecular weight is 745 g/mol. The van der Waals surface area contributed by atoms with Crippen LogP contribution in [0.2, 0.25) is 0 Å². The van der Waals surface area contributed by atoms with E-state index in [4.69, 9.17) is 0 Å². The first-order chi connectivity index (χ1) is 28.3. The monoisotopic (exact) mass is 744 g/mol. The van der Waals surface area contributed by atoms with Crippen molar-refractivity contribution in [3.63, 3.8) is 0 Å². The number of benzene rings is 9. The third-order valence-electron chi connectivity index (χ3n) is 11.2. The predicted molar refractivity (Wildman–Crippen MR) is 245 cm³/mol. The maximum atomic E-state index is 2.46. The van der Waals surface area contributed by atoms with E-state index in [1.165, 1.54) is 75.4 Å². The van der Waals surface area contributed by atoms with Gasteiger partial charge in [0.15, 0.2) is 0 Å². The van der Waals surface area contributed by atoms with Crippen molar-refractivity contribution in [3.05, 3.63) is 218 Å². The lowest BCUT2D eigenvalue weighted by Crippen LogP contribution is -2.10. The second-order valence-corrected chi connectivity index (χ2v) is 15.6. The summed E-state index contributed by atoms with van der Waals surface area (Å²) in [6.07, 6.45) is 0. The number of hydrogen-bond acceptors (Lipinski definition) is 2.